The molecule has 2 unspecified atom stereocenters. The zero-order valence-corrected chi connectivity index (χ0v) is 10.5. The van der Waals surface area contributed by atoms with Crippen LogP contribution in [0.15, 0.2) is 0 Å². The molecule has 2 atom stereocenters. The highest BCUT2D eigenvalue weighted by Gasteiger charge is 2.33. The summed E-state index contributed by atoms with van der Waals surface area (Å²) >= 11 is 0. The van der Waals surface area contributed by atoms with Gasteiger partial charge in [0.15, 0.2) is 0 Å². The monoisotopic (exact) mass is 237 g/mol. The summed E-state index contributed by atoms with van der Waals surface area (Å²) < 4.78 is 0. The minimum Gasteiger partial charge on any atom is -0.369 e. The van der Waals surface area contributed by atoms with E-state index in [1.165, 1.54) is 19.3 Å². The van der Waals surface area contributed by atoms with Gasteiger partial charge in [0.2, 0.25) is 5.91 Å². The highest BCUT2D eigenvalue weighted by atomic mass is 16.1. The van der Waals surface area contributed by atoms with Gasteiger partial charge in [0, 0.05) is 17.8 Å². The number of hydrogen-bond acceptors (Lipinski definition) is 2. The Morgan fingerprint density at radius 2 is 1.35 bits per heavy atom. The van der Waals surface area contributed by atoms with Gasteiger partial charge in [0.25, 0.3) is 0 Å². The number of carbonyl (C=O) groups excluding carboxylic acids is 2. The Balaban J connectivity index is 1.91. The molecule has 2 fully saturated rings. The molecule has 3 nitrogen and oxygen atoms in total. The van der Waals surface area contributed by atoms with E-state index >= 15 is 0 Å². The van der Waals surface area contributed by atoms with E-state index in [9.17, 15) is 9.59 Å². The third-order valence-corrected chi connectivity index (χ3v) is 4.49. The van der Waals surface area contributed by atoms with Gasteiger partial charge in [0.05, 0.1) is 0 Å². The summed E-state index contributed by atoms with van der Waals surface area (Å²) in [6.07, 6.45) is 9.35. The van der Waals surface area contributed by atoms with E-state index in [2.05, 4.69) is 0 Å². The second kappa shape index (κ2) is 5.65. The van der Waals surface area contributed by atoms with Crippen LogP contribution in [0.3, 0.4) is 0 Å². The van der Waals surface area contributed by atoms with Gasteiger partial charge >= 0.3 is 0 Å². The molecule has 0 aromatic rings. The smallest absolute Gasteiger partial charge is 0.220 e. The molecule has 3 heteroatoms. The molecule has 0 aromatic heterocycles. The molecule has 2 rings (SSSR count). The van der Waals surface area contributed by atoms with Gasteiger partial charge in [-0.2, -0.15) is 0 Å². The highest BCUT2D eigenvalue weighted by Crippen LogP contribution is 2.34. The molecule has 96 valence electrons. The van der Waals surface area contributed by atoms with E-state index in [1.54, 1.807) is 0 Å². The average molecular weight is 237 g/mol. The number of rotatable bonds is 3. The van der Waals surface area contributed by atoms with E-state index in [1.807, 2.05) is 0 Å². The molecule has 2 N–H and O–H groups in total. The Hall–Kier alpha value is -0.860. The summed E-state index contributed by atoms with van der Waals surface area (Å²) in [5, 5.41) is 0. The number of Topliss-reactive ketones (excluding diaryl/α,β-unsaturated/α-hetero) is 1. The van der Waals surface area contributed by atoms with Gasteiger partial charge in [-0.25, -0.2) is 0 Å². The molecule has 2 aliphatic carbocycles. The van der Waals surface area contributed by atoms with Crippen molar-refractivity contribution in [1.82, 2.24) is 0 Å². The number of primary amides is 1. The van der Waals surface area contributed by atoms with Crippen LogP contribution in [-0.2, 0) is 9.59 Å². The van der Waals surface area contributed by atoms with E-state index < -0.39 is 0 Å². The van der Waals surface area contributed by atoms with E-state index in [0.717, 1.165) is 32.1 Å². The number of hydrogen-bond donors (Lipinski definition) is 1. The lowest BCUT2D eigenvalue weighted by Gasteiger charge is -2.30. The van der Waals surface area contributed by atoms with Crippen LogP contribution in [0.4, 0.5) is 0 Å². The van der Waals surface area contributed by atoms with Crippen LogP contribution in [0.25, 0.3) is 0 Å². The van der Waals surface area contributed by atoms with Crippen molar-refractivity contribution in [2.24, 2.45) is 23.5 Å². The van der Waals surface area contributed by atoms with Gasteiger partial charge in [-0.1, -0.05) is 25.7 Å². The van der Waals surface area contributed by atoms with Crippen LogP contribution in [0, 0.1) is 17.8 Å². The first-order valence-corrected chi connectivity index (χ1v) is 7.01. The minimum absolute atomic E-state index is 0.0544. The van der Waals surface area contributed by atoms with Crippen molar-refractivity contribution in [3.8, 4) is 0 Å². The molecule has 17 heavy (non-hydrogen) atoms. The van der Waals surface area contributed by atoms with E-state index in [-0.39, 0.29) is 23.7 Å². The zero-order chi connectivity index (χ0) is 12.3. The predicted octanol–water partition coefficient (Wildman–Crippen LogP) is 2.43. The molecule has 0 saturated heterocycles. The molecule has 2 aliphatic rings. The number of ketones is 1. The van der Waals surface area contributed by atoms with Gasteiger partial charge in [-0.05, 0) is 32.1 Å². The van der Waals surface area contributed by atoms with Crippen LogP contribution in [0.1, 0.15) is 57.8 Å². The molecule has 1 amide bonds. The third kappa shape index (κ3) is 3.08. The second-order valence-electron chi connectivity index (χ2n) is 5.70. The van der Waals surface area contributed by atoms with Crippen molar-refractivity contribution >= 4 is 11.7 Å². The highest BCUT2D eigenvalue weighted by molar-refractivity contribution is 5.85. The van der Waals surface area contributed by atoms with Crippen molar-refractivity contribution in [3.63, 3.8) is 0 Å². The molecule has 0 aliphatic heterocycles. The molecule has 0 bridgehead atoms. The molecule has 0 heterocycles. The van der Waals surface area contributed by atoms with Crippen LogP contribution in [0.5, 0.6) is 0 Å². The average Bonchev–Trinajstić information content (AvgIpc) is 2.39. The maximum atomic E-state index is 12.4. The largest absolute Gasteiger partial charge is 0.369 e. The normalized spacial score (nSPS) is 31.1. The fraction of sp³-hybridized carbons (Fsp3) is 0.857. The zero-order valence-electron chi connectivity index (χ0n) is 10.5. The Morgan fingerprint density at radius 1 is 0.765 bits per heavy atom. The number of amides is 1. The summed E-state index contributed by atoms with van der Waals surface area (Å²) in [6.45, 7) is 0. The van der Waals surface area contributed by atoms with Crippen molar-refractivity contribution in [3.05, 3.63) is 0 Å². The third-order valence-electron chi connectivity index (χ3n) is 4.49. The van der Waals surface area contributed by atoms with Crippen LogP contribution >= 0.6 is 0 Å². The Kier molecular flexibility index (Phi) is 4.19. The molecule has 0 spiro atoms. The predicted molar refractivity (Wildman–Crippen MR) is 66.2 cm³/mol. The van der Waals surface area contributed by atoms with E-state index in [4.69, 9.17) is 5.73 Å². The van der Waals surface area contributed by atoms with Crippen molar-refractivity contribution in [2.45, 2.75) is 57.8 Å². The maximum absolute atomic E-state index is 12.4. The van der Waals surface area contributed by atoms with Gasteiger partial charge < -0.3 is 5.73 Å². The van der Waals surface area contributed by atoms with E-state index in [0.29, 0.717) is 12.2 Å². The summed E-state index contributed by atoms with van der Waals surface area (Å²) in [5.41, 5.74) is 5.36. The first kappa shape index (κ1) is 12.6. The first-order valence-electron chi connectivity index (χ1n) is 7.01. The molecule has 0 radical (unpaired) electrons. The minimum atomic E-state index is -0.217. The summed E-state index contributed by atoms with van der Waals surface area (Å²) in [5.74, 6) is 0.549. The summed E-state index contributed by atoms with van der Waals surface area (Å²) in [7, 11) is 0. The number of carbonyl (C=O) groups is 2. The van der Waals surface area contributed by atoms with Gasteiger partial charge in [-0.15, -0.1) is 0 Å². The van der Waals surface area contributed by atoms with Crippen molar-refractivity contribution < 1.29 is 9.59 Å². The fourth-order valence-electron chi connectivity index (χ4n) is 3.43. The van der Waals surface area contributed by atoms with Crippen LogP contribution in [-0.4, -0.2) is 11.7 Å². The molecule has 2 saturated carbocycles. The summed E-state index contributed by atoms with van der Waals surface area (Å²) in [4.78, 5) is 23.6. The van der Waals surface area contributed by atoms with Crippen LogP contribution < -0.4 is 5.73 Å². The Labute approximate surface area is 103 Å². The Bertz CT molecular complexity index is 295. The lowest BCUT2D eigenvalue weighted by Crippen LogP contribution is -2.34. The molecule has 0 aromatic carbocycles. The molecular weight excluding hydrogens is 214 g/mol. The fourth-order valence-corrected chi connectivity index (χ4v) is 3.43. The Morgan fingerprint density at radius 3 is 2.00 bits per heavy atom. The SMILES string of the molecule is NC(=O)C1CCCC(C(=O)C2CCCCC2)C1. The van der Waals surface area contributed by atoms with Crippen molar-refractivity contribution in [2.75, 3.05) is 0 Å². The summed E-state index contributed by atoms with van der Waals surface area (Å²) in [6, 6.07) is 0. The first-order chi connectivity index (χ1) is 8.18. The lowest BCUT2D eigenvalue weighted by atomic mass is 9.73. The maximum Gasteiger partial charge on any atom is 0.220 e. The standard InChI is InChI=1S/C14H23NO2/c15-14(17)12-8-4-7-11(9-12)13(16)10-5-2-1-3-6-10/h10-12H,1-9H2,(H2,15,17). The second-order valence-corrected chi connectivity index (χ2v) is 5.70. The lowest BCUT2D eigenvalue weighted by molar-refractivity contribution is -0.131. The quantitative estimate of drug-likeness (QED) is 0.819. The van der Waals surface area contributed by atoms with Gasteiger partial charge in [0.1, 0.15) is 5.78 Å². The topological polar surface area (TPSA) is 60.2 Å². The van der Waals surface area contributed by atoms with Crippen LogP contribution in [0.2, 0.25) is 0 Å². The van der Waals surface area contributed by atoms with Gasteiger partial charge in [-0.3, -0.25) is 9.59 Å². The van der Waals surface area contributed by atoms with Crippen molar-refractivity contribution in [1.29, 1.82) is 0 Å². The molecular formula is C14H23NO2. The number of nitrogens with two attached hydrogens (primary N) is 1.